The average molecular weight is 474 g/mol. The molecular formula is C20H26F3N5O3S. The monoisotopic (exact) mass is 473 g/mol. The highest BCUT2D eigenvalue weighted by Crippen LogP contribution is 2.29. The van der Waals surface area contributed by atoms with Crippen molar-refractivity contribution >= 4 is 29.2 Å². The van der Waals surface area contributed by atoms with Gasteiger partial charge in [0.25, 0.3) is 5.56 Å². The van der Waals surface area contributed by atoms with E-state index in [0.717, 1.165) is 24.2 Å². The van der Waals surface area contributed by atoms with E-state index in [2.05, 4.69) is 9.97 Å². The van der Waals surface area contributed by atoms with Crippen LogP contribution in [0.3, 0.4) is 0 Å². The number of halogens is 3. The van der Waals surface area contributed by atoms with Crippen LogP contribution >= 0.6 is 11.8 Å². The number of hydrogen-bond acceptors (Lipinski definition) is 6. The van der Waals surface area contributed by atoms with Gasteiger partial charge in [0.2, 0.25) is 5.91 Å². The molecule has 2 heterocycles. The normalized spacial score (nSPS) is 11.7. The number of carbonyl (C=O) groups is 1. The Hall–Kier alpha value is -2.76. The SMILES string of the molecule is CCCCN(C(=O)CSc1ccc(C(F)(F)F)cn1)c1c(N)n(CC(C)C)c(=O)[nH]c1=O. The fourth-order valence-electron chi connectivity index (χ4n) is 2.91. The second kappa shape index (κ2) is 10.7. The molecule has 1 amide bonds. The van der Waals surface area contributed by atoms with E-state index in [4.69, 9.17) is 5.73 Å². The number of pyridine rings is 1. The molecule has 2 aromatic heterocycles. The Labute approximate surface area is 187 Å². The zero-order valence-corrected chi connectivity index (χ0v) is 18.8. The molecule has 0 radical (unpaired) electrons. The molecule has 0 saturated carbocycles. The van der Waals surface area contributed by atoms with Gasteiger partial charge in [-0.25, -0.2) is 9.78 Å². The van der Waals surface area contributed by atoms with Gasteiger partial charge in [-0.1, -0.05) is 39.0 Å². The Balaban J connectivity index is 2.31. The molecule has 0 fully saturated rings. The number of nitrogens with one attached hydrogen (secondary N) is 1. The number of thioether (sulfide) groups is 1. The molecule has 0 unspecified atom stereocenters. The third kappa shape index (κ3) is 6.38. The van der Waals surface area contributed by atoms with Crippen LogP contribution < -0.4 is 21.9 Å². The largest absolute Gasteiger partial charge is 0.417 e. The highest BCUT2D eigenvalue weighted by Gasteiger charge is 2.31. The number of hydrogen-bond donors (Lipinski definition) is 2. The molecule has 2 aromatic rings. The summed E-state index contributed by atoms with van der Waals surface area (Å²) < 4.78 is 39.3. The summed E-state index contributed by atoms with van der Waals surface area (Å²) in [5.74, 6) is -0.689. The van der Waals surface area contributed by atoms with E-state index >= 15 is 0 Å². The van der Waals surface area contributed by atoms with Gasteiger partial charge >= 0.3 is 11.9 Å². The van der Waals surface area contributed by atoms with Crippen molar-refractivity contribution < 1.29 is 18.0 Å². The van der Waals surface area contributed by atoms with Crippen LogP contribution in [0.15, 0.2) is 32.9 Å². The van der Waals surface area contributed by atoms with Crippen LogP contribution in [0.1, 0.15) is 39.2 Å². The molecule has 0 aliphatic carbocycles. The standard InChI is InChI=1S/C20H26F3N5O3S/c1-4-5-8-27(16-17(24)28(10-12(2)3)19(31)26-18(16)30)15(29)11-32-14-7-6-13(9-25-14)20(21,22)23/h6-7,9,12H,4-5,8,10-11,24H2,1-3H3,(H,26,30,31). The number of carbonyl (C=O) groups excluding carboxylic acids is 1. The zero-order valence-electron chi connectivity index (χ0n) is 18.0. The first-order valence-corrected chi connectivity index (χ1v) is 11.0. The van der Waals surface area contributed by atoms with Crippen LogP contribution in [0, 0.1) is 5.92 Å². The minimum atomic E-state index is -4.50. The lowest BCUT2D eigenvalue weighted by Crippen LogP contribution is -2.42. The number of H-pyrrole nitrogens is 1. The van der Waals surface area contributed by atoms with E-state index in [1.807, 2.05) is 20.8 Å². The molecule has 12 heteroatoms. The fourth-order valence-corrected chi connectivity index (χ4v) is 3.63. The van der Waals surface area contributed by atoms with Gasteiger partial charge < -0.3 is 10.6 Å². The average Bonchev–Trinajstić information content (AvgIpc) is 2.71. The highest BCUT2D eigenvalue weighted by molar-refractivity contribution is 7.99. The first-order valence-electron chi connectivity index (χ1n) is 10.0. The number of unbranched alkanes of at least 4 members (excludes halogenated alkanes) is 1. The number of alkyl halides is 3. The Morgan fingerprint density at radius 1 is 1.31 bits per heavy atom. The van der Waals surface area contributed by atoms with Crippen molar-refractivity contribution in [3.05, 3.63) is 44.7 Å². The lowest BCUT2D eigenvalue weighted by Gasteiger charge is -2.24. The number of aromatic amines is 1. The van der Waals surface area contributed by atoms with Crippen molar-refractivity contribution in [2.75, 3.05) is 22.9 Å². The molecule has 2 rings (SSSR count). The summed E-state index contributed by atoms with van der Waals surface area (Å²) in [6, 6.07) is 2.07. The lowest BCUT2D eigenvalue weighted by molar-refractivity contribution is -0.137. The zero-order chi connectivity index (χ0) is 24.1. The van der Waals surface area contributed by atoms with Crippen molar-refractivity contribution in [3.63, 3.8) is 0 Å². The van der Waals surface area contributed by atoms with E-state index < -0.39 is 28.9 Å². The number of nitrogens with two attached hydrogens (primary N) is 1. The number of aromatic nitrogens is 3. The maximum absolute atomic E-state index is 13.0. The van der Waals surface area contributed by atoms with E-state index in [1.54, 1.807) is 0 Å². The van der Waals surface area contributed by atoms with Crippen LogP contribution in [-0.2, 0) is 17.5 Å². The summed E-state index contributed by atoms with van der Waals surface area (Å²) in [7, 11) is 0. The van der Waals surface area contributed by atoms with Crippen molar-refractivity contribution in [2.45, 2.75) is 51.4 Å². The molecule has 32 heavy (non-hydrogen) atoms. The number of rotatable bonds is 9. The van der Waals surface area contributed by atoms with Gasteiger partial charge in [0.15, 0.2) is 5.69 Å². The van der Waals surface area contributed by atoms with Gasteiger partial charge in [0.05, 0.1) is 16.3 Å². The third-order valence-electron chi connectivity index (χ3n) is 4.48. The number of amides is 1. The van der Waals surface area contributed by atoms with Crippen LogP contribution in [-0.4, -0.2) is 32.7 Å². The molecule has 0 aliphatic heterocycles. The third-order valence-corrected chi connectivity index (χ3v) is 5.40. The van der Waals surface area contributed by atoms with Crippen molar-refractivity contribution in [2.24, 2.45) is 5.92 Å². The van der Waals surface area contributed by atoms with Crippen molar-refractivity contribution in [1.82, 2.24) is 14.5 Å². The summed E-state index contributed by atoms with van der Waals surface area (Å²) in [5, 5.41) is 0.230. The van der Waals surface area contributed by atoms with Crippen LogP contribution in [0.2, 0.25) is 0 Å². The Morgan fingerprint density at radius 3 is 2.53 bits per heavy atom. The number of anilines is 2. The van der Waals surface area contributed by atoms with Crippen LogP contribution in [0.25, 0.3) is 0 Å². The molecule has 0 bridgehead atoms. The van der Waals surface area contributed by atoms with E-state index in [0.29, 0.717) is 12.6 Å². The van der Waals surface area contributed by atoms with Crippen molar-refractivity contribution in [1.29, 1.82) is 0 Å². The van der Waals surface area contributed by atoms with Crippen molar-refractivity contribution in [3.8, 4) is 0 Å². The second-order valence-corrected chi connectivity index (χ2v) is 8.56. The smallest absolute Gasteiger partial charge is 0.383 e. The van der Waals surface area contributed by atoms with E-state index in [1.165, 1.54) is 15.5 Å². The predicted molar refractivity (Wildman–Crippen MR) is 118 cm³/mol. The molecule has 0 aromatic carbocycles. The van der Waals surface area contributed by atoms with Gasteiger partial charge in [-0.05, 0) is 24.5 Å². The van der Waals surface area contributed by atoms with Crippen LogP contribution in [0.5, 0.6) is 0 Å². The minimum absolute atomic E-state index is 0.0647. The van der Waals surface area contributed by atoms with Gasteiger partial charge in [0.1, 0.15) is 5.82 Å². The van der Waals surface area contributed by atoms with Gasteiger partial charge in [-0.2, -0.15) is 13.2 Å². The lowest BCUT2D eigenvalue weighted by atomic mass is 10.2. The Morgan fingerprint density at radius 2 is 2.00 bits per heavy atom. The van der Waals surface area contributed by atoms with Gasteiger partial charge in [-0.15, -0.1) is 0 Å². The fraction of sp³-hybridized carbons (Fsp3) is 0.500. The molecule has 0 aliphatic rings. The predicted octanol–water partition coefficient (Wildman–Crippen LogP) is 3.11. The van der Waals surface area contributed by atoms with Gasteiger partial charge in [0, 0.05) is 19.3 Å². The van der Waals surface area contributed by atoms with E-state index in [-0.39, 0.29) is 41.3 Å². The first kappa shape index (κ1) is 25.5. The maximum Gasteiger partial charge on any atom is 0.417 e. The maximum atomic E-state index is 13.0. The summed E-state index contributed by atoms with van der Waals surface area (Å²) in [4.78, 5) is 44.9. The molecule has 176 valence electrons. The molecule has 3 N–H and O–H groups in total. The molecule has 8 nitrogen and oxygen atoms in total. The molecule has 0 atom stereocenters. The van der Waals surface area contributed by atoms with Crippen LogP contribution in [0.4, 0.5) is 24.7 Å². The van der Waals surface area contributed by atoms with Gasteiger partial charge in [-0.3, -0.25) is 19.1 Å². The summed E-state index contributed by atoms with van der Waals surface area (Å²) in [6.45, 7) is 6.13. The first-order chi connectivity index (χ1) is 15.0. The quantitative estimate of drug-likeness (QED) is 0.541. The molecule has 0 spiro atoms. The number of nitrogens with zero attached hydrogens (tertiary/aromatic N) is 3. The summed E-state index contributed by atoms with van der Waals surface area (Å²) in [5.41, 5.74) is 3.72. The second-order valence-electron chi connectivity index (χ2n) is 7.57. The minimum Gasteiger partial charge on any atom is -0.383 e. The topological polar surface area (TPSA) is 114 Å². The Bertz CT molecular complexity index is 1050. The summed E-state index contributed by atoms with van der Waals surface area (Å²) >= 11 is 0.943. The summed E-state index contributed by atoms with van der Waals surface area (Å²) in [6.07, 6.45) is -2.48. The highest BCUT2D eigenvalue weighted by atomic mass is 32.2. The number of nitrogen functional groups attached to an aromatic ring is 1. The molecular weight excluding hydrogens is 447 g/mol. The van der Waals surface area contributed by atoms with E-state index in [9.17, 15) is 27.6 Å². The Kier molecular flexibility index (Phi) is 8.53. The molecule has 0 saturated heterocycles.